The highest BCUT2D eigenvalue weighted by molar-refractivity contribution is 6.30. The highest BCUT2D eigenvalue weighted by atomic mass is 35.5. The van der Waals surface area contributed by atoms with Crippen LogP contribution in [-0.4, -0.2) is 6.04 Å². The van der Waals surface area contributed by atoms with Crippen LogP contribution in [0.3, 0.4) is 0 Å². The minimum Gasteiger partial charge on any atom is -0.310 e. The van der Waals surface area contributed by atoms with Gasteiger partial charge in [-0.15, -0.1) is 0 Å². The molecule has 13 heavy (non-hydrogen) atoms. The zero-order valence-electron chi connectivity index (χ0n) is 7.19. The zero-order valence-corrected chi connectivity index (χ0v) is 7.94. The van der Waals surface area contributed by atoms with Gasteiger partial charge < -0.3 is 5.32 Å². The average molecular weight is 200 g/mol. The number of hydrogen-bond acceptors (Lipinski definition) is 1. The summed E-state index contributed by atoms with van der Waals surface area (Å²) in [5.74, 6) is -0.183. The Bertz CT molecular complexity index is 310. The fraction of sp³-hybridized carbons (Fsp3) is 0.400. The van der Waals surface area contributed by atoms with Crippen LogP contribution in [0.1, 0.15) is 18.4 Å². The molecule has 0 amide bonds. The first-order chi connectivity index (χ1) is 6.25. The van der Waals surface area contributed by atoms with E-state index in [1.165, 1.54) is 18.9 Å². The van der Waals surface area contributed by atoms with Crippen molar-refractivity contribution in [2.45, 2.75) is 25.4 Å². The molecule has 0 saturated heterocycles. The zero-order chi connectivity index (χ0) is 9.26. The summed E-state index contributed by atoms with van der Waals surface area (Å²) in [7, 11) is 0. The van der Waals surface area contributed by atoms with E-state index < -0.39 is 0 Å². The first kappa shape index (κ1) is 8.97. The summed E-state index contributed by atoms with van der Waals surface area (Å²) in [6.07, 6.45) is 2.42. The van der Waals surface area contributed by atoms with Gasteiger partial charge >= 0.3 is 0 Å². The molecule has 0 aliphatic heterocycles. The Morgan fingerprint density at radius 1 is 1.46 bits per heavy atom. The quantitative estimate of drug-likeness (QED) is 0.790. The van der Waals surface area contributed by atoms with Gasteiger partial charge in [0.25, 0.3) is 0 Å². The number of nitrogens with one attached hydrogen (secondary N) is 1. The first-order valence-corrected chi connectivity index (χ1v) is 4.81. The third kappa shape index (κ3) is 2.42. The highest BCUT2D eigenvalue weighted by Crippen LogP contribution is 2.20. The molecular formula is C10H11ClFN. The lowest BCUT2D eigenvalue weighted by Gasteiger charge is -2.04. The SMILES string of the molecule is Fc1ccc(Cl)cc1CNC1CC1. The second-order valence-corrected chi connectivity index (χ2v) is 3.83. The van der Waals surface area contributed by atoms with Gasteiger partial charge in [0.05, 0.1) is 0 Å². The van der Waals surface area contributed by atoms with Gasteiger partial charge in [0, 0.05) is 23.2 Å². The Hall–Kier alpha value is -0.600. The van der Waals surface area contributed by atoms with Crippen LogP contribution in [0.25, 0.3) is 0 Å². The molecule has 1 aromatic carbocycles. The Balaban J connectivity index is 2.03. The summed E-state index contributed by atoms with van der Waals surface area (Å²) >= 11 is 5.75. The predicted octanol–water partition coefficient (Wildman–Crippen LogP) is 2.73. The second-order valence-electron chi connectivity index (χ2n) is 3.39. The van der Waals surface area contributed by atoms with E-state index in [-0.39, 0.29) is 5.82 Å². The molecule has 0 spiro atoms. The maximum atomic E-state index is 13.1. The van der Waals surface area contributed by atoms with Gasteiger partial charge in [-0.25, -0.2) is 4.39 Å². The summed E-state index contributed by atoms with van der Waals surface area (Å²) in [5, 5.41) is 3.83. The smallest absolute Gasteiger partial charge is 0.127 e. The monoisotopic (exact) mass is 199 g/mol. The number of benzene rings is 1. The van der Waals surface area contributed by atoms with Crippen LogP contribution >= 0.6 is 11.6 Å². The van der Waals surface area contributed by atoms with E-state index in [1.54, 1.807) is 12.1 Å². The molecule has 1 saturated carbocycles. The van der Waals surface area contributed by atoms with E-state index in [2.05, 4.69) is 5.32 Å². The molecule has 3 heteroatoms. The standard InChI is InChI=1S/C10H11ClFN/c11-8-1-4-10(12)7(5-8)6-13-9-2-3-9/h1,4-5,9,13H,2-3,6H2. The van der Waals surface area contributed by atoms with Crippen LogP contribution in [0.5, 0.6) is 0 Å². The lowest BCUT2D eigenvalue weighted by atomic mass is 10.2. The van der Waals surface area contributed by atoms with Gasteiger partial charge in [-0.05, 0) is 31.0 Å². The van der Waals surface area contributed by atoms with Crippen molar-refractivity contribution in [2.75, 3.05) is 0 Å². The van der Waals surface area contributed by atoms with Crippen molar-refractivity contribution in [1.82, 2.24) is 5.32 Å². The topological polar surface area (TPSA) is 12.0 Å². The van der Waals surface area contributed by atoms with Gasteiger partial charge in [-0.1, -0.05) is 11.6 Å². The first-order valence-electron chi connectivity index (χ1n) is 4.43. The van der Waals surface area contributed by atoms with Gasteiger partial charge in [0.15, 0.2) is 0 Å². The molecule has 0 aromatic heterocycles. The fourth-order valence-corrected chi connectivity index (χ4v) is 1.42. The van der Waals surface area contributed by atoms with Crippen LogP contribution in [-0.2, 0) is 6.54 Å². The Labute approximate surface area is 81.9 Å². The molecule has 70 valence electrons. The predicted molar refractivity (Wildman–Crippen MR) is 51.3 cm³/mol. The van der Waals surface area contributed by atoms with Gasteiger partial charge in [0.1, 0.15) is 5.82 Å². The van der Waals surface area contributed by atoms with Crippen LogP contribution < -0.4 is 5.32 Å². The highest BCUT2D eigenvalue weighted by Gasteiger charge is 2.20. The number of rotatable bonds is 3. The van der Waals surface area contributed by atoms with E-state index in [0.29, 0.717) is 23.2 Å². The molecule has 0 heterocycles. The largest absolute Gasteiger partial charge is 0.310 e. The van der Waals surface area contributed by atoms with Crippen LogP contribution in [0, 0.1) is 5.82 Å². The summed E-state index contributed by atoms with van der Waals surface area (Å²) in [5.41, 5.74) is 0.652. The van der Waals surface area contributed by atoms with Gasteiger partial charge in [-0.2, -0.15) is 0 Å². The molecule has 1 N–H and O–H groups in total. The number of hydrogen-bond donors (Lipinski definition) is 1. The van der Waals surface area contributed by atoms with Crippen LogP contribution in [0.2, 0.25) is 5.02 Å². The summed E-state index contributed by atoms with van der Waals surface area (Å²) in [4.78, 5) is 0. The third-order valence-corrected chi connectivity index (χ3v) is 2.40. The van der Waals surface area contributed by atoms with Crippen molar-refractivity contribution < 1.29 is 4.39 Å². The third-order valence-electron chi connectivity index (χ3n) is 2.17. The molecule has 1 fully saturated rings. The summed E-state index contributed by atoms with van der Waals surface area (Å²) < 4.78 is 13.1. The minimum absolute atomic E-state index is 0.183. The van der Waals surface area contributed by atoms with Crippen LogP contribution in [0.4, 0.5) is 4.39 Å². The van der Waals surface area contributed by atoms with Crippen molar-refractivity contribution >= 4 is 11.6 Å². The van der Waals surface area contributed by atoms with E-state index in [1.807, 2.05) is 0 Å². The van der Waals surface area contributed by atoms with Crippen molar-refractivity contribution in [3.05, 3.63) is 34.6 Å². The van der Waals surface area contributed by atoms with Gasteiger partial charge in [0.2, 0.25) is 0 Å². The average Bonchev–Trinajstić information content (AvgIpc) is 2.90. The molecule has 0 bridgehead atoms. The lowest BCUT2D eigenvalue weighted by molar-refractivity contribution is 0.587. The molecular weight excluding hydrogens is 189 g/mol. The Morgan fingerprint density at radius 2 is 2.23 bits per heavy atom. The van der Waals surface area contributed by atoms with E-state index >= 15 is 0 Å². The summed E-state index contributed by atoms with van der Waals surface area (Å²) in [6.45, 7) is 0.580. The molecule has 0 unspecified atom stereocenters. The number of halogens is 2. The molecule has 1 nitrogen and oxygen atoms in total. The lowest BCUT2D eigenvalue weighted by Crippen LogP contribution is -2.16. The van der Waals surface area contributed by atoms with Crippen molar-refractivity contribution in [3.63, 3.8) is 0 Å². The van der Waals surface area contributed by atoms with Crippen LogP contribution in [0.15, 0.2) is 18.2 Å². The minimum atomic E-state index is -0.183. The fourth-order valence-electron chi connectivity index (χ4n) is 1.22. The Morgan fingerprint density at radius 3 is 2.92 bits per heavy atom. The normalized spacial score (nSPS) is 16.2. The van der Waals surface area contributed by atoms with E-state index in [9.17, 15) is 4.39 Å². The molecule has 0 atom stereocenters. The Kier molecular flexibility index (Phi) is 2.51. The summed E-state index contributed by atoms with van der Waals surface area (Å²) in [6, 6.07) is 5.24. The molecule has 2 rings (SSSR count). The maximum Gasteiger partial charge on any atom is 0.127 e. The van der Waals surface area contributed by atoms with E-state index in [0.717, 1.165) is 0 Å². The molecule has 1 aliphatic carbocycles. The van der Waals surface area contributed by atoms with Crippen molar-refractivity contribution in [2.24, 2.45) is 0 Å². The molecule has 1 aliphatic rings. The van der Waals surface area contributed by atoms with Gasteiger partial charge in [-0.3, -0.25) is 0 Å². The van der Waals surface area contributed by atoms with Crippen molar-refractivity contribution in [3.8, 4) is 0 Å². The molecule has 0 radical (unpaired) electrons. The maximum absolute atomic E-state index is 13.1. The van der Waals surface area contributed by atoms with E-state index in [4.69, 9.17) is 11.6 Å². The second kappa shape index (κ2) is 3.64. The van der Waals surface area contributed by atoms with Crippen molar-refractivity contribution in [1.29, 1.82) is 0 Å². The molecule has 1 aromatic rings.